The number of alkyl halides is 1. The molecule has 3 aliphatic heterocycles. The van der Waals surface area contributed by atoms with E-state index in [9.17, 15) is 19.5 Å². The van der Waals surface area contributed by atoms with Gasteiger partial charge in [0.15, 0.2) is 0 Å². The Bertz CT molecular complexity index is 837. The van der Waals surface area contributed by atoms with Gasteiger partial charge in [-0.3, -0.25) is 14.4 Å². The molecule has 35 heavy (non-hydrogen) atoms. The number of carbonyl (C=O) groups excluding carboxylic acids is 3. The van der Waals surface area contributed by atoms with Gasteiger partial charge in [-0.25, -0.2) is 0 Å². The number of nitrogens with zero attached hydrogens (tertiary/aromatic N) is 2. The molecule has 3 rings (SSSR count). The standard InChI is InChI=1S/C26H39BrN2O5S/c1-6-10-13-34-25(33)19-20-23(31)29(17(9-4)15-30)22(26(20)14-18(27)21(19)35-26)24(32)28(12-8-3)16(5)11-7-2/h6,8,16-22,30H,1,3,7,9-15H2,2,4-5H3/t16?,17-,18?,19+,20-,21+,22?,26?/m0/s1. The maximum absolute atomic E-state index is 14.3. The molecule has 3 fully saturated rings. The Hall–Kier alpha value is -1.32. The molecule has 2 bridgehead atoms. The van der Waals surface area contributed by atoms with E-state index < -0.39 is 28.7 Å². The van der Waals surface area contributed by atoms with Crippen LogP contribution in [0.1, 0.15) is 52.9 Å². The predicted octanol–water partition coefficient (Wildman–Crippen LogP) is 3.54. The first-order chi connectivity index (χ1) is 16.7. The molecule has 1 spiro atoms. The molecule has 0 aromatic carbocycles. The number of likely N-dealkylation sites (tertiary alicyclic amines) is 1. The maximum Gasteiger partial charge on any atom is 0.310 e. The first-order valence-electron chi connectivity index (χ1n) is 12.7. The highest BCUT2D eigenvalue weighted by Crippen LogP contribution is 2.68. The van der Waals surface area contributed by atoms with Crippen molar-refractivity contribution in [1.82, 2.24) is 9.80 Å². The minimum atomic E-state index is -0.752. The third-order valence-corrected chi connectivity index (χ3v) is 10.9. The summed E-state index contributed by atoms with van der Waals surface area (Å²) in [6.07, 6.45) is 6.83. The van der Waals surface area contributed by atoms with Crippen LogP contribution in [0.3, 0.4) is 0 Å². The largest absolute Gasteiger partial charge is 0.465 e. The van der Waals surface area contributed by atoms with Gasteiger partial charge in [0.1, 0.15) is 6.04 Å². The summed E-state index contributed by atoms with van der Waals surface area (Å²) >= 11 is 5.35. The van der Waals surface area contributed by atoms with Crippen molar-refractivity contribution in [3.8, 4) is 0 Å². The van der Waals surface area contributed by atoms with Crippen molar-refractivity contribution in [3.63, 3.8) is 0 Å². The van der Waals surface area contributed by atoms with Crippen molar-refractivity contribution in [2.45, 2.75) is 85.8 Å². The zero-order valence-corrected chi connectivity index (χ0v) is 23.4. The average Bonchev–Trinajstić information content (AvgIpc) is 3.42. The summed E-state index contributed by atoms with van der Waals surface area (Å²) in [4.78, 5) is 45.0. The number of esters is 1. The van der Waals surface area contributed by atoms with E-state index in [-0.39, 0.29) is 47.1 Å². The summed E-state index contributed by atoms with van der Waals surface area (Å²) in [7, 11) is 0. The second-order valence-corrected chi connectivity index (χ2v) is 12.5. The molecule has 7 nitrogen and oxygen atoms in total. The van der Waals surface area contributed by atoms with Crippen LogP contribution in [0.4, 0.5) is 0 Å². The molecule has 4 unspecified atom stereocenters. The Morgan fingerprint density at radius 3 is 2.66 bits per heavy atom. The number of aliphatic hydroxyl groups is 1. The quantitative estimate of drug-likeness (QED) is 0.158. The number of amides is 2. The molecule has 8 atom stereocenters. The summed E-state index contributed by atoms with van der Waals surface area (Å²) in [5.74, 6) is -2.01. The van der Waals surface area contributed by atoms with Crippen molar-refractivity contribution in [2.24, 2.45) is 11.8 Å². The van der Waals surface area contributed by atoms with Crippen LogP contribution in [0.2, 0.25) is 0 Å². The number of rotatable bonds is 13. The van der Waals surface area contributed by atoms with E-state index in [0.29, 0.717) is 25.8 Å². The van der Waals surface area contributed by atoms with Crippen molar-refractivity contribution >= 4 is 45.5 Å². The summed E-state index contributed by atoms with van der Waals surface area (Å²) in [5, 5.41) is 10.0. The van der Waals surface area contributed by atoms with Crippen LogP contribution >= 0.6 is 27.7 Å². The number of hydrogen-bond acceptors (Lipinski definition) is 6. The fraction of sp³-hybridized carbons (Fsp3) is 0.731. The van der Waals surface area contributed by atoms with Crippen LogP contribution in [0.5, 0.6) is 0 Å². The SMILES string of the molecule is C=CCCOC(=O)[C@H]1[C@@H]2SC3(CC2Br)C(C(=O)N(CC=C)C(C)CCC)N([C@@H](CC)CO)C(=O)[C@H]13. The van der Waals surface area contributed by atoms with Crippen LogP contribution in [-0.2, 0) is 19.1 Å². The van der Waals surface area contributed by atoms with Gasteiger partial charge in [0.2, 0.25) is 11.8 Å². The number of carbonyl (C=O) groups is 3. The Labute approximate surface area is 221 Å². The number of thioether (sulfide) groups is 1. The molecule has 3 aliphatic rings. The predicted molar refractivity (Wildman–Crippen MR) is 142 cm³/mol. The second kappa shape index (κ2) is 11.8. The Balaban J connectivity index is 2.07. The Morgan fingerprint density at radius 2 is 2.09 bits per heavy atom. The molecule has 0 aromatic heterocycles. The van der Waals surface area contributed by atoms with E-state index in [2.05, 4.69) is 36.0 Å². The molecule has 0 aromatic rings. The lowest BCUT2D eigenvalue weighted by Crippen LogP contribution is -2.59. The van der Waals surface area contributed by atoms with E-state index in [4.69, 9.17) is 4.74 Å². The van der Waals surface area contributed by atoms with E-state index in [1.165, 1.54) is 0 Å². The van der Waals surface area contributed by atoms with Crippen LogP contribution in [0.15, 0.2) is 25.3 Å². The molecule has 0 saturated carbocycles. The lowest BCUT2D eigenvalue weighted by molar-refractivity contribution is -0.154. The summed E-state index contributed by atoms with van der Waals surface area (Å²) < 4.78 is 4.80. The Kier molecular flexibility index (Phi) is 9.54. The summed E-state index contributed by atoms with van der Waals surface area (Å²) in [6, 6.07) is -1.26. The van der Waals surface area contributed by atoms with Gasteiger partial charge < -0.3 is 19.6 Å². The van der Waals surface area contributed by atoms with Crippen molar-refractivity contribution in [3.05, 3.63) is 25.3 Å². The lowest BCUT2D eigenvalue weighted by Gasteiger charge is -2.41. The highest BCUT2D eigenvalue weighted by Gasteiger charge is 2.76. The second-order valence-electron chi connectivity index (χ2n) is 9.82. The highest BCUT2D eigenvalue weighted by atomic mass is 79.9. The van der Waals surface area contributed by atoms with E-state index in [1.54, 1.807) is 28.8 Å². The topological polar surface area (TPSA) is 87.2 Å². The average molecular weight is 572 g/mol. The van der Waals surface area contributed by atoms with E-state index >= 15 is 0 Å². The maximum atomic E-state index is 14.3. The molecular weight excluding hydrogens is 532 g/mol. The van der Waals surface area contributed by atoms with Gasteiger partial charge in [-0.15, -0.1) is 24.9 Å². The molecule has 0 aliphatic carbocycles. The minimum absolute atomic E-state index is 0.0149. The molecule has 1 N–H and O–H groups in total. The van der Waals surface area contributed by atoms with Gasteiger partial charge in [0.05, 0.1) is 35.8 Å². The van der Waals surface area contributed by atoms with Crippen LogP contribution in [-0.4, -0.2) is 85.4 Å². The molecule has 3 heterocycles. The zero-order chi connectivity index (χ0) is 25.9. The third kappa shape index (κ3) is 4.85. The van der Waals surface area contributed by atoms with Gasteiger partial charge in [-0.05, 0) is 32.6 Å². The van der Waals surface area contributed by atoms with E-state index in [1.807, 2.05) is 18.7 Å². The van der Waals surface area contributed by atoms with Gasteiger partial charge in [0.25, 0.3) is 0 Å². The minimum Gasteiger partial charge on any atom is -0.465 e. The van der Waals surface area contributed by atoms with Crippen LogP contribution < -0.4 is 0 Å². The number of fused-ring (bicyclic) bond motifs is 1. The van der Waals surface area contributed by atoms with Crippen LogP contribution in [0, 0.1) is 11.8 Å². The fourth-order valence-corrected chi connectivity index (χ4v) is 9.70. The molecule has 9 heteroatoms. The summed E-state index contributed by atoms with van der Waals surface area (Å²) in [5.41, 5.74) is 0. The monoisotopic (exact) mass is 570 g/mol. The van der Waals surface area contributed by atoms with Crippen LogP contribution in [0.25, 0.3) is 0 Å². The zero-order valence-electron chi connectivity index (χ0n) is 21.0. The number of ether oxygens (including phenoxy) is 1. The van der Waals surface area contributed by atoms with Gasteiger partial charge in [-0.2, -0.15) is 0 Å². The summed E-state index contributed by atoms with van der Waals surface area (Å²) in [6.45, 7) is 13.9. The molecular formula is C26H39BrN2O5S. The molecule has 196 valence electrons. The lowest BCUT2D eigenvalue weighted by atomic mass is 9.71. The van der Waals surface area contributed by atoms with Crippen molar-refractivity contribution in [1.29, 1.82) is 0 Å². The fourth-order valence-electron chi connectivity index (χ4n) is 6.12. The van der Waals surface area contributed by atoms with Gasteiger partial charge >= 0.3 is 5.97 Å². The molecule has 3 saturated heterocycles. The Morgan fingerprint density at radius 1 is 1.37 bits per heavy atom. The number of aliphatic hydroxyl groups excluding tert-OH is 1. The normalized spacial score (nSPS) is 32.8. The number of halogens is 1. The first kappa shape index (κ1) is 28.3. The number of hydrogen-bond donors (Lipinski definition) is 1. The third-order valence-electron chi connectivity index (χ3n) is 7.72. The smallest absolute Gasteiger partial charge is 0.310 e. The van der Waals surface area contributed by atoms with E-state index in [0.717, 1.165) is 12.8 Å². The highest BCUT2D eigenvalue weighted by molar-refractivity contribution is 9.09. The first-order valence-corrected chi connectivity index (χ1v) is 14.5. The van der Waals surface area contributed by atoms with Gasteiger partial charge in [-0.1, -0.05) is 48.4 Å². The van der Waals surface area contributed by atoms with Crippen molar-refractivity contribution in [2.75, 3.05) is 19.8 Å². The van der Waals surface area contributed by atoms with Gasteiger partial charge in [0, 0.05) is 22.7 Å². The molecule has 0 radical (unpaired) electrons. The van der Waals surface area contributed by atoms with Crippen molar-refractivity contribution < 1.29 is 24.2 Å². The molecule has 2 amide bonds.